The molecule has 7 nitrogen and oxygen atoms in total. The van der Waals surface area contributed by atoms with Gasteiger partial charge in [-0.05, 0) is 18.2 Å². The predicted octanol–water partition coefficient (Wildman–Crippen LogP) is 1.69. The fourth-order valence-corrected chi connectivity index (χ4v) is 2.52. The molecule has 25 heavy (non-hydrogen) atoms. The van der Waals surface area contributed by atoms with Crippen LogP contribution in [0, 0.1) is 5.92 Å². The maximum Gasteiger partial charge on any atom is 0.375 e. The second-order valence-corrected chi connectivity index (χ2v) is 5.13. The fourth-order valence-electron chi connectivity index (χ4n) is 2.52. The predicted molar refractivity (Wildman–Crippen MR) is 77.1 cm³/mol. The minimum atomic E-state index is -4.96. The lowest BCUT2D eigenvalue weighted by Crippen LogP contribution is -2.47. The molecule has 0 radical (unpaired) electrons. The van der Waals surface area contributed by atoms with Crippen LogP contribution in [0.2, 0.25) is 0 Å². The maximum absolute atomic E-state index is 13.3. The number of ether oxygens (including phenoxy) is 2. The van der Waals surface area contributed by atoms with Gasteiger partial charge in [-0.15, -0.1) is 0 Å². The van der Waals surface area contributed by atoms with E-state index in [4.69, 9.17) is 0 Å². The van der Waals surface area contributed by atoms with E-state index in [2.05, 4.69) is 14.9 Å². The first-order valence-electron chi connectivity index (χ1n) is 7.04. The van der Waals surface area contributed by atoms with Gasteiger partial charge in [0.1, 0.15) is 6.04 Å². The molecular weight excluding hydrogens is 345 g/mol. The van der Waals surface area contributed by atoms with E-state index in [-0.39, 0.29) is 5.56 Å². The first-order valence-corrected chi connectivity index (χ1v) is 7.04. The zero-order valence-electron chi connectivity index (χ0n) is 13.2. The molecule has 10 heteroatoms. The first-order chi connectivity index (χ1) is 11.7. The number of halogens is 3. The Bertz CT molecular complexity index is 665. The fraction of sp³-hybridized carbons (Fsp3) is 0.400. The molecule has 1 fully saturated rings. The molecule has 136 valence electrons. The van der Waals surface area contributed by atoms with Crippen molar-refractivity contribution in [2.75, 3.05) is 14.2 Å². The van der Waals surface area contributed by atoms with Crippen molar-refractivity contribution in [1.29, 1.82) is 0 Å². The molecule has 0 bridgehead atoms. The summed E-state index contributed by atoms with van der Waals surface area (Å²) in [7, 11) is 1.81. The third kappa shape index (κ3) is 3.58. The van der Waals surface area contributed by atoms with Crippen molar-refractivity contribution >= 4 is 17.8 Å². The van der Waals surface area contributed by atoms with Gasteiger partial charge >= 0.3 is 18.1 Å². The summed E-state index contributed by atoms with van der Waals surface area (Å²) in [6.45, 7) is 0. The Balaban J connectivity index is 2.49. The standard InChI is InChI=1S/C15H14F3N2O5/c1-24-13(22)9-10(14(23)25-2)20(19-11(9)15(16,17)18)12(21)8-6-4-3-5-7-8/h3-7,9-11H,1-2H3/q-1/t9-,10-,11-/m1/s1. The quantitative estimate of drug-likeness (QED) is 0.767. The van der Waals surface area contributed by atoms with Crippen LogP contribution in [0.1, 0.15) is 10.4 Å². The molecule has 0 aliphatic carbocycles. The van der Waals surface area contributed by atoms with Crippen LogP contribution in [0.4, 0.5) is 13.2 Å². The Labute approximate surface area is 140 Å². The van der Waals surface area contributed by atoms with Crippen LogP contribution in [-0.2, 0) is 19.1 Å². The van der Waals surface area contributed by atoms with Crippen LogP contribution in [0.25, 0.3) is 5.43 Å². The summed E-state index contributed by atoms with van der Waals surface area (Å²) in [6.07, 6.45) is -4.96. The third-order valence-electron chi connectivity index (χ3n) is 3.67. The minimum absolute atomic E-state index is 0.00610. The number of rotatable bonds is 3. The summed E-state index contributed by atoms with van der Waals surface area (Å²) in [5.74, 6) is -5.53. The molecule has 0 saturated carbocycles. The van der Waals surface area contributed by atoms with E-state index in [0.717, 1.165) is 14.2 Å². The lowest BCUT2D eigenvalue weighted by Gasteiger charge is -2.36. The minimum Gasteiger partial charge on any atom is -0.554 e. The van der Waals surface area contributed by atoms with Gasteiger partial charge in [-0.25, -0.2) is 4.79 Å². The highest BCUT2D eigenvalue weighted by Crippen LogP contribution is 2.43. The van der Waals surface area contributed by atoms with E-state index in [9.17, 15) is 27.6 Å². The molecule has 0 spiro atoms. The number of carbonyl (C=O) groups excluding carboxylic acids is 3. The second-order valence-electron chi connectivity index (χ2n) is 5.13. The van der Waals surface area contributed by atoms with Crippen LogP contribution in [-0.4, -0.2) is 55.3 Å². The van der Waals surface area contributed by atoms with Crippen molar-refractivity contribution in [3.05, 3.63) is 41.3 Å². The summed E-state index contributed by atoms with van der Waals surface area (Å²) in [5, 5.41) is 0.348. The number of hydrogen-bond acceptors (Lipinski definition) is 5. The molecule has 1 amide bonds. The SMILES string of the molecule is COC(=O)[C@H]1[C@H](C(F)(F)F)[N-]N(C(=O)c2ccccc2)[C@H]1C(=O)OC. The van der Waals surface area contributed by atoms with Gasteiger partial charge in [0.25, 0.3) is 0 Å². The van der Waals surface area contributed by atoms with Crippen LogP contribution in [0.5, 0.6) is 0 Å². The highest BCUT2D eigenvalue weighted by atomic mass is 19.4. The third-order valence-corrected chi connectivity index (χ3v) is 3.67. The van der Waals surface area contributed by atoms with Crippen molar-refractivity contribution in [2.24, 2.45) is 5.92 Å². The van der Waals surface area contributed by atoms with E-state index < -0.39 is 42.0 Å². The molecule has 1 aromatic rings. The number of carbonyl (C=O) groups is 3. The Morgan fingerprint density at radius 3 is 2.08 bits per heavy atom. The average Bonchev–Trinajstić information content (AvgIpc) is 3.01. The molecule has 2 rings (SSSR count). The van der Waals surface area contributed by atoms with Crippen molar-refractivity contribution in [3.63, 3.8) is 0 Å². The van der Waals surface area contributed by atoms with Crippen molar-refractivity contribution in [1.82, 2.24) is 5.01 Å². The zero-order chi connectivity index (χ0) is 18.8. The van der Waals surface area contributed by atoms with Gasteiger partial charge in [0, 0.05) is 5.56 Å². The van der Waals surface area contributed by atoms with Gasteiger partial charge < -0.3 is 19.9 Å². The van der Waals surface area contributed by atoms with Gasteiger partial charge in [-0.3, -0.25) is 9.59 Å². The number of hydrogen-bond donors (Lipinski definition) is 0. The Morgan fingerprint density at radius 2 is 1.60 bits per heavy atom. The van der Waals surface area contributed by atoms with E-state index in [1.54, 1.807) is 6.07 Å². The monoisotopic (exact) mass is 359 g/mol. The lowest BCUT2D eigenvalue weighted by atomic mass is 9.93. The molecule has 1 aliphatic rings. The van der Waals surface area contributed by atoms with E-state index in [1.807, 2.05) is 0 Å². The molecule has 1 saturated heterocycles. The Hall–Kier alpha value is -2.62. The lowest BCUT2D eigenvalue weighted by molar-refractivity contribution is -0.170. The Kier molecular flexibility index (Phi) is 5.31. The molecule has 1 heterocycles. The van der Waals surface area contributed by atoms with Gasteiger partial charge in [0.05, 0.1) is 20.1 Å². The molecule has 1 aliphatic heterocycles. The number of methoxy groups -OCH3 is 2. The summed E-state index contributed by atoms with van der Waals surface area (Å²) in [6, 6.07) is 2.81. The van der Waals surface area contributed by atoms with Crippen molar-refractivity contribution in [3.8, 4) is 0 Å². The smallest absolute Gasteiger partial charge is 0.375 e. The largest absolute Gasteiger partial charge is 0.554 e. The molecular formula is C15H14F3N2O5-. The van der Waals surface area contributed by atoms with Gasteiger partial charge in [-0.2, -0.15) is 13.2 Å². The maximum atomic E-state index is 13.3. The summed E-state index contributed by atoms with van der Waals surface area (Å²) in [4.78, 5) is 36.4. The van der Waals surface area contributed by atoms with Crippen LogP contribution < -0.4 is 0 Å². The topological polar surface area (TPSA) is 87.0 Å². The number of benzene rings is 1. The van der Waals surface area contributed by atoms with Gasteiger partial charge in [0.15, 0.2) is 0 Å². The molecule has 1 aromatic carbocycles. The Morgan fingerprint density at radius 1 is 1.04 bits per heavy atom. The van der Waals surface area contributed by atoms with E-state index >= 15 is 0 Å². The van der Waals surface area contributed by atoms with E-state index in [0.29, 0.717) is 5.01 Å². The number of esters is 2. The van der Waals surface area contributed by atoms with E-state index in [1.165, 1.54) is 24.3 Å². The highest BCUT2D eigenvalue weighted by molar-refractivity contribution is 6.00. The number of nitrogens with zero attached hydrogens (tertiary/aromatic N) is 2. The van der Waals surface area contributed by atoms with Crippen molar-refractivity contribution in [2.45, 2.75) is 18.3 Å². The number of alkyl halides is 3. The molecule has 3 atom stereocenters. The first kappa shape index (κ1) is 18.7. The normalized spacial score (nSPS) is 23.2. The van der Waals surface area contributed by atoms with Gasteiger partial charge in [0.2, 0.25) is 5.91 Å². The van der Waals surface area contributed by atoms with Crippen LogP contribution in [0.3, 0.4) is 0 Å². The van der Waals surface area contributed by atoms with Crippen LogP contribution >= 0.6 is 0 Å². The number of amides is 1. The molecule has 0 unspecified atom stereocenters. The second kappa shape index (κ2) is 7.09. The summed E-state index contributed by atoms with van der Waals surface area (Å²) >= 11 is 0. The summed E-state index contributed by atoms with van der Waals surface area (Å²) in [5.41, 5.74) is 3.30. The highest BCUT2D eigenvalue weighted by Gasteiger charge is 2.54. The zero-order valence-corrected chi connectivity index (χ0v) is 13.2. The van der Waals surface area contributed by atoms with Gasteiger partial charge in [-0.1, -0.05) is 18.2 Å². The summed E-state index contributed by atoms with van der Waals surface area (Å²) < 4.78 is 48.7. The van der Waals surface area contributed by atoms with Crippen molar-refractivity contribution < 1.29 is 37.0 Å². The average molecular weight is 359 g/mol. The van der Waals surface area contributed by atoms with Crippen LogP contribution in [0.15, 0.2) is 30.3 Å². The molecule has 0 N–H and O–H groups in total. The molecule has 0 aromatic heterocycles.